The van der Waals surface area contributed by atoms with E-state index in [2.05, 4.69) is 31.0 Å². The lowest BCUT2D eigenvalue weighted by atomic mass is 9.89. The van der Waals surface area contributed by atoms with Gasteiger partial charge in [-0.05, 0) is 17.5 Å². The second kappa shape index (κ2) is 10.3. The minimum absolute atomic E-state index is 0.0286. The fourth-order valence-electron chi connectivity index (χ4n) is 6.09. The van der Waals surface area contributed by atoms with Crippen LogP contribution in [0.4, 0.5) is 5.69 Å². The van der Waals surface area contributed by atoms with E-state index in [1.54, 1.807) is 10.7 Å². The molecular weight excluding hydrogens is 664 g/mol. The van der Waals surface area contributed by atoms with Crippen molar-refractivity contribution >= 4 is 57.0 Å². The van der Waals surface area contributed by atoms with E-state index in [9.17, 15) is 29.6 Å². The Labute approximate surface area is 260 Å². The fourth-order valence-corrected chi connectivity index (χ4v) is 8.58. The summed E-state index contributed by atoms with van der Waals surface area (Å²) < 4.78 is 17.4. The number of aliphatic carboxylic acids is 1. The summed E-state index contributed by atoms with van der Waals surface area (Å²) >= 11 is 4.66. The highest BCUT2D eigenvalue weighted by atomic mass is 79.9. The second-order valence-corrected chi connectivity index (χ2v) is 13.3. The molecule has 1 N–H and O–H groups in total. The van der Waals surface area contributed by atoms with Crippen molar-refractivity contribution in [3.63, 3.8) is 0 Å². The monoisotopic (exact) mass is 686 g/mol. The summed E-state index contributed by atoms with van der Waals surface area (Å²) in [5.74, 6) is -3.04. The molecule has 1 spiro atoms. The molecule has 15 nitrogen and oxygen atoms in total. The van der Waals surface area contributed by atoms with Crippen LogP contribution in [0.15, 0.2) is 41.1 Å². The fraction of sp³-hybridized carbons (Fsp3) is 0.407. The first-order valence-electron chi connectivity index (χ1n) is 13.6. The number of allylic oxidation sites excluding steroid dienone is 1. The molecule has 3 aliphatic heterocycles. The lowest BCUT2D eigenvalue weighted by molar-refractivity contribution is -0.384. The number of fused-ring (bicyclic) bond motifs is 4. The lowest BCUT2D eigenvalue weighted by Crippen LogP contribution is -2.70. The van der Waals surface area contributed by atoms with E-state index in [1.807, 2.05) is 0 Å². The summed E-state index contributed by atoms with van der Waals surface area (Å²) in [5.41, 5.74) is 2.04. The average molecular weight is 687 g/mol. The number of amides is 1. The van der Waals surface area contributed by atoms with Crippen LogP contribution in [0.25, 0.3) is 5.78 Å². The molecule has 17 heteroatoms. The number of ether oxygens (including phenoxy) is 3. The lowest BCUT2D eigenvalue weighted by Gasteiger charge is -2.50. The summed E-state index contributed by atoms with van der Waals surface area (Å²) in [4.78, 5) is 59.5. The number of aryl methyl sites for hydroxylation is 1. The Morgan fingerprint density at radius 1 is 1.30 bits per heavy atom. The van der Waals surface area contributed by atoms with Crippen LogP contribution in [0.1, 0.15) is 42.1 Å². The number of carbonyl (C=O) groups is 3. The molecule has 7 rings (SSSR count). The molecule has 5 heterocycles. The van der Waals surface area contributed by atoms with Crippen molar-refractivity contribution in [1.29, 1.82) is 0 Å². The zero-order valence-corrected chi connectivity index (χ0v) is 25.4. The van der Waals surface area contributed by atoms with Crippen LogP contribution in [0.2, 0.25) is 0 Å². The van der Waals surface area contributed by atoms with Crippen molar-refractivity contribution in [3.05, 3.63) is 73.8 Å². The number of nitro benzene ring substituents is 1. The van der Waals surface area contributed by atoms with Gasteiger partial charge in [-0.25, -0.2) is 14.3 Å². The zero-order valence-electron chi connectivity index (χ0n) is 23.0. The van der Waals surface area contributed by atoms with Gasteiger partial charge in [0.25, 0.3) is 17.4 Å². The number of nitrogens with zero attached hydrogens (tertiary/aromatic N) is 6. The molecule has 2 unspecified atom stereocenters. The standard InChI is InChI=1S/C27H23BrN6O9S/c1-13(35)43-20(21-30-25-29-12-15-11-26(41-8-9-42-26)7-6-17(15)33(25)31-21)27(28)23(38)32-19(22(36)37)18(44-24(27)32)10-14-2-4-16(5-3-14)34(39)40/h2-5,12,20,24H,6-11H2,1H3,(H,36,37)/t20?,24-,27?/m1/s1. The topological polar surface area (TPSA) is 189 Å². The van der Waals surface area contributed by atoms with E-state index in [0.29, 0.717) is 42.9 Å². The maximum Gasteiger partial charge on any atom is 0.353 e. The van der Waals surface area contributed by atoms with E-state index in [1.165, 1.54) is 31.2 Å². The van der Waals surface area contributed by atoms with Gasteiger partial charge in [0.2, 0.25) is 0 Å². The van der Waals surface area contributed by atoms with Gasteiger partial charge < -0.3 is 19.3 Å². The number of esters is 1. The number of hydrogen-bond donors (Lipinski definition) is 1. The molecule has 44 heavy (non-hydrogen) atoms. The minimum atomic E-state index is -1.60. The highest BCUT2D eigenvalue weighted by molar-refractivity contribution is 9.10. The highest BCUT2D eigenvalue weighted by Gasteiger charge is 2.71. The maximum absolute atomic E-state index is 13.8. The normalized spacial score (nSPS) is 24.3. The third-order valence-corrected chi connectivity index (χ3v) is 11.0. The van der Waals surface area contributed by atoms with Crippen LogP contribution >= 0.6 is 27.7 Å². The molecule has 2 aromatic heterocycles. The van der Waals surface area contributed by atoms with Gasteiger partial charge in [-0.2, -0.15) is 4.98 Å². The summed E-state index contributed by atoms with van der Waals surface area (Å²) in [6.45, 7) is 2.24. The van der Waals surface area contributed by atoms with Crippen molar-refractivity contribution in [1.82, 2.24) is 24.5 Å². The smallest absolute Gasteiger partial charge is 0.353 e. The number of carbonyl (C=O) groups excluding carboxylic acids is 2. The summed E-state index contributed by atoms with van der Waals surface area (Å²) in [5, 5.41) is 24.9. The van der Waals surface area contributed by atoms with Gasteiger partial charge >= 0.3 is 11.9 Å². The Bertz CT molecular complexity index is 1790. The number of benzene rings is 1. The Kier molecular flexibility index (Phi) is 6.76. The molecule has 228 valence electrons. The molecule has 3 aromatic rings. The van der Waals surface area contributed by atoms with Crippen LogP contribution in [0.5, 0.6) is 0 Å². The molecule has 0 saturated carbocycles. The third-order valence-electron chi connectivity index (χ3n) is 8.10. The zero-order chi connectivity index (χ0) is 31.0. The van der Waals surface area contributed by atoms with Crippen LogP contribution < -0.4 is 0 Å². The van der Waals surface area contributed by atoms with Crippen molar-refractivity contribution in [2.24, 2.45) is 0 Å². The molecule has 0 radical (unpaired) electrons. The number of non-ortho nitro benzene ring substituents is 1. The first-order chi connectivity index (χ1) is 21.0. The number of aromatic nitrogens is 4. The number of carboxylic acids is 1. The van der Waals surface area contributed by atoms with Crippen molar-refractivity contribution in [2.45, 2.75) is 54.2 Å². The molecule has 2 fully saturated rings. The largest absolute Gasteiger partial charge is 0.477 e. The molecule has 1 aromatic carbocycles. The maximum atomic E-state index is 13.8. The molecule has 4 aliphatic rings. The molecule has 2 saturated heterocycles. The van der Waals surface area contributed by atoms with Crippen LogP contribution in [-0.2, 0) is 47.9 Å². The second-order valence-electron chi connectivity index (χ2n) is 10.8. The van der Waals surface area contributed by atoms with Gasteiger partial charge in [-0.3, -0.25) is 24.6 Å². The van der Waals surface area contributed by atoms with Crippen molar-refractivity contribution < 1.29 is 38.6 Å². The number of rotatable bonds is 7. The first-order valence-corrected chi connectivity index (χ1v) is 15.3. The van der Waals surface area contributed by atoms with E-state index in [4.69, 9.17) is 14.2 Å². The van der Waals surface area contributed by atoms with Gasteiger partial charge in [-0.15, -0.1) is 16.9 Å². The Hall–Kier alpha value is -3.93. The van der Waals surface area contributed by atoms with Gasteiger partial charge in [0.15, 0.2) is 22.0 Å². The first kappa shape index (κ1) is 28.8. The van der Waals surface area contributed by atoms with E-state index >= 15 is 0 Å². The van der Waals surface area contributed by atoms with Gasteiger partial charge in [0.1, 0.15) is 11.1 Å². The highest BCUT2D eigenvalue weighted by Crippen LogP contribution is 2.60. The van der Waals surface area contributed by atoms with Crippen molar-refractivity contribution in [2.75, 3.05) is 13.2 Å². The van der Waals surface area contributed by atoms with E-state index in [0.717, 1.165) is 27.9 Å². The van der Waals surface area contributed by atoms with Gasteiger partial charge in [0.05, 0.1) is 23.8 Å². The molecular formula is C27H23BrN6O9S. The van der Waals surface area contributed by atoms with Gasteiger partial charge in [-0.1, -0.05) is 28.1 Å². The quantitative estimate of drug-likeness (QED) is 0.126. The average Bonchev–Trinajstić information content (AvgIpc) is 3.72. The number of nitro groups is 1. The van der Waals surface area contributed by atoms with Crippen LogP contribution in [-0.4, -0.2) is 81.1 Å². The SMILES string of the molecule is CC(=O)OC(c1nc2ncc3c(n2n1)CCC1(C3)OCCO1)C1(Br)C(=O)N2C(C(=O)O)=C(Cc3ccc([N+](=O)[O-])cc3)S[C@@H]21. The Morgan fingerprint density at radius 2 is 2.02 bits per heavy atom. The van der Waals surface area contributed by atoms with Crippen LogP contribution in [0.3, 0.4) is 0 Å². The number of carboxylic acid groups (broad SMARTS) is 1. The number of β-lactam (4-membered cyclic amide) rings is 1. The minimum Gasteiger partial charge on any atom is -0.477 e. The summed E-state index contributed by atoms with van der Waals surface area (Å²) in [7, 11) is 0. The summed E-state index contributed by atoms with van der Waals surface area (Å²) in [6.07, 6.45) is 2.16. The third kappa shape index (κ3) is 4.40. The molecule has 1 aliphatic carbocycles. The molecule has 0 bridgehead atoms. The van der Waals surface area contributed by atoms with Gasteiger partial charge in [0, 0.05) is 49.4 Å². The predicted octanol–water partition coefficient (Wildman–Crippen LogP) is 2.46. The van der Waals surface area contributed by atoms with Crippen molar-refractivity contribution in [3.8, 4) is 0 Å². The Morgan fingerprint density at radius 3 is 2.68 bits per heavy atom. The number of hydrogen-bond acceptors (Lipinski definition) is 12. The predicted molar refractivity (Wildman–Crippen MR) is 153 cm³/mol. The number of thioether (sulfide) groups is 1. The molecule has 3 atom stereocenters. The van der Waals surface area contributed by atoms with Crippen LogP contribution in [0, 0.1) is 10.1 Å². The molecule has 1 amide bonds. The summed E-state index contributed by atoms with van der Waals surface area (Å²) in [6, 6.07) is 5.73. The number of alkyl halides is 1. The van der Waals surface area contributed by atoms with E-state index < -0.39 is 44.4 Å². The Balaban J connectivity index is 1.21. The van der Waals surface area contributed by atoms with E-state index in [-0.39, 0.29) is 29.4 Å². The number of halogens is 1.